The molecule has 0 spiro atoms. The molecule has 0 aliphatic carbocycles. The van der Waals surface area contributed by atoms with Crippen LogP contribution in [-0.2, 0) is 11.3 Å². The Morgan fingerprint density at radius 3 is 2.79 bits per heavy atom. The van der Waals surface area contributed by atoms with E-state index in [9.17, 15) is 4.79 Å². The van der Waals surface area contributed by atoms with E-state index < -0.39 is 0 Å². The molecule has 1 aromatic carbocycles. The predicted molar refractivity (Wildman–Crippen MR) is 75.2 cm³/mol. The van der Waals surface area contributed by atoms with Gasteiger partial charge in [-0.1, -0.05) is 37.0 Å². The van der Waals surface area contributed by atoms with Crippen molar-refractivity contribution in [1.29, 1.82) is 0 Å². The third-order valence-electron chi connectivity index (χ3n) is 2.70. The molecule has 0 aromatic heterocycles. The van der Waals surface area contributed by atoms with Crippen molar-refractivity contribution >= 4 is 5.91 Å². The van der Waals surface area contributed by atoms with Gasteiger partial charge in [0.05, 0.1) is 13.2 Å². The summed E-state index contributed by atoms with van der Waals surface area (Å²) in [7, 11) is 0. The molecular formula is C15H20N2O2. The van der Waals surface area contributed by atoms with Crippen LogP contribution in [0.3, 0.4) is 0 Å². The highest BCUT2D eigenvalue weighted by atomic mass is 16.2. The van der Waals surface area contributed by atoms with Crippen LogP contribution in [0, 0.1) is 11.8 Å². The van der Waals surface area contributed by atoms with Crippen molar-refractivity contribution in [2.24, 2.45) is 5.73 Å². The highest BCUT2D eigenvalue weighted by Crippen LogP contribution is 2.10. The van der Waals surface area contributed by atoms with Gasteiger partial charge in [-0.3, -0.25) is 9.69 Å². The Balaban J connectivity index is 2.82. The average molecular weight is 260 g/mol. The minimum atomic E-state index is -0.328. The summed E-state index contributed by atoms with van der Waals surface area (Å²) in [5, 5.41) is 8.73. The summed E-state index contributed by atoms with van der Waals surface area (Å²) in [6.07, 6.45) is 0.465. The number of aliphatic hydroxyl groups excluding tert-OH is 1. The van der Waals surface area contributed by atoms with Crippen molar-refractivity contribution in [3.63, 3.8) is 0 Å². The molecule has 3 N–H and O–H groups in total. The molecule has 0 saturated carbocycles. The molecule has 102 valence electrons. The van der Waals surface area contributed by atoms with Crippen LogP contribution in [0.5, 0.6) is 0 Å². The van der Waals surface area contributed by atoms with E-state index >= 15 is 0 Å². The van der Waals surface area contributed by atoms with E-state index in [2.05, 4.69) is 11.8 Å². The van der Waals surface area contributed by atoms with Crippen LogP contribution >= 0.6 is 0 Å². The zero-order valence-corrected chi connectivity index (χ0v) is 11.2. The molecule has 0 atom stereocenters. The molecule has 19 heavy (non-hydrogen) atoms. The summed E-state index contributed by atoms with van der Waals surface area (Å²) in [5.74, 6) is 5.63. The number of hydrogen-bond acceptors (Lipinski definition) is 3. The van der Waals surface area contributed by atoms with Gasteiger partial charge in [-0.2, -0.15) is 0 Å². The maximum atomic E-state index is 11.0. The fourth-order valence-corrected chi connectivity index (χ4v) is 1.73. The van der Waals surface area contributed by atoms with Crippen LogP contribution in [0.1, 0.15) is 24.5 Å². The number of aliphatic hydroxyl groups is 1. The van der Waals surface area contributed by atoms with Gasteiger partial charge in [0.15, 0.2) is 0 Å². The van der Waals surface area contributed by atoms with Crippen LogP contribution in [0.15, 0.2) is 24.3 Å². The summed E-state index contributed by atoms with van der Waals surface area (Å²) in [6.45, 7) is 3.70. The zero-order valence-electron chi connectivity index (χ0n) is 11.2. The second-order valence-electron chi connectivity index (χ2n) is 4.20. The van der Waals surface area contributed by atoms with E-state index in [1.165, 1.54) is 0 Å². The van der Waals surface area contributed by atoms with E-state index in [1.807, 2.05) is 36.1 Å². The lowest BCUT2D eigenvalue weighted by Crippen LogP contribution is -2.33. The lowest BCUT2D eigenvalue weighted by molar-refractivity contribution is -0.119. The lowest BCUT2D eigenvalue weighted by Gasteiger charge is -2.19. The van der Waals surface area contributed by atoms with E-state index in [1.54, 1.807) is 0 Å². The second kappa shape index (κ2) is 8.30. The van der Waals surface area contributed by atoms with Gasteiger partial charge in [-0.25, -0.2) is 0 Å². The molecule has 4 heteroatoms. The van der Waals surface area contributed by atoms with Crippen molar-refractivity contribution in [1.82, 2.24) is 4.90 Å². The van der Waals surface area contributed by atoms with E-state index in [0.717, 1.165) is 17.7 Å². The average Bonchev–Trinajstić information content (AvgIpc) is 2.39. The minimum absolute atomic E-state index is 0.0674. The molecule has 1 rings (SSSR count). The number of carbonyl (C=O) groups is 1. The lowest BCUT2D eigenvalue weighted by atomic mass is 10.1. The van der Waals surface area contributed by atoms with E-state index in [-0.39, 0.29) is 19.1 Å². The largest absolute Gasteiger partial charge is 0.395 e. The Labute approximate surface area is 114 Å². The maximum Gasteiger partial charge on any atom is 0.231 e. The normalized spacial score (nSPS) is 10.1. The van der Waals surface area contributed by atoms with Gasteiger partial charge in [-0.15, -0.1) is 0 Å². The standard InChI is InChI=1S/C15H20N2O2/c1-2-17(12-15(16)19)11-14-9-4-3-7-13(14)8-5-6-10-18/h3-4,7,9,18H,2,6,10-12H2,1H3,(H2,16,19). The number of primary amides is 1. The summed E-state index contributed by atoms with van der Waals surface area (Å²) in [6, 6.07) is 7.81. The quantitative estimate of drug-likeness (QED) is 0.741. The van der Waals surface area contributed by atoms with Gasteiger partial charge in [0.25, 0.3) is 0 Å². The first-order valence-electron chi connectivity index (χ1n) is 6.35. The third kappa shape index (κ3) is 5.56. The van der Waals surface area contributed by atoms with Crippen molar-refractivity contribution in [2.75, 3.05) is 19.7 Å². The van der Waals surface area contributed by atoms with Crippen LogP contribution in [0.25, 0.3) is 0 Å². The van der Waals surface area contributed by atoms with Gasteiger partial charge >= 0.3 is 0 Å². The molecular weight excluding hydrogens is 240 g/mol. The fraction of sp³-hybridized carbons (Fsp3) is 0.400. The molecule has 0 unspecified atom stereocenters. The number of benzene rings is 1. The van der Waals surface area contributed by atoms with Gasteiger partial charge < -0.3 is 10.8 Å². The molecule has 4 nitrogen and oxygen atoms in total. The predicted octanol–water partition coefficient (Wildman–Crippen LogP) is 0.728. The summed E-state index contributed by atoms with van der Waals surface area (Å²) >= 11 is 0. The van der Waals surface area contributed by atoms with Gasteiger partial charge in [0.1, 0.15) is 0 Å². The Hall–Kier alpha value is -1.83. The van der Waals surface area contributed by atoms with Gasteiger partial charge in [-0.05, 0) is 18.2 Å². The first kappa shape index (κ1) is 15.2. The number of carbonyl (C=O) groups excluding carboxylic acids is 1. The van der Waals surface area contributed by atoms with Crippen LogP contribution in [0.2, 0.25) is 0 Å². The van der Waals surface area contributed by atoms with E-state index in [4.69, 9.17) is 10.8 Å². The van der Waals surface area contributed by atoms with Crippen molar-refractivity contribution in [2.45, 2.75) is 19.9 Å². The molecule has 0 heterocycles. The Morgan fingerprint density at radius 2 is 2.16 bits per heavy atom. The molecule has 0 fully saturated rings. The van der Waals surface area contributed by atoms with Crippen LogP contribution in [-0.4, -0.2) is 35.6 Å². The molecule has 0 bridgehead atoms. The Bertz CT molecular complexity index is 475. The van der Waals surface area contributed by atoms with Crippen molar-refractivity contribution in [3.8, 4) is 11.8 Å². The summed E-state index contributed by atoms with van der Waals surface area (Å²) < 4.78 is 0. The monoisotopic (exact) mass is 260 g/mol. The van der Waals surface area contributed by atoms with Gasteiger partial charge in [0.2, 0.25) is 5.91 Å². The summed E-state index contributed by atoms with van der Waals surface area (Å²) in [4.78, 5) is 12.9. The fourth-order valence-electron chi connectivity index (χ4n) is 1.73. The topological polar surface area (TPSA) is 66.6 Å². The van der Waals surface area contributed by atoms with E-state index in [0.29, 0.717) is 13.0 Å². The Kier molecular flexibility index (Phi) is 6.65. The SMILES string of the molecule is CCN(CC(N)=O)Cc1ccccc1C#CCCO. The highest BCUT2D eigenvalue weighted by molar-refractivity contribution is 5.75. The first-order chi connectivity index (χ1) is 9.17. The van der Waals surface area contributed by atoms with Crippen molar-refractivity contribution < 1.29 is 9.90 Å². The molecule has 0 aliphatic heterocycles. The molecule has 1 aromatic rings. The number of nitrogens with two attached hydrogens (primary N) is 1. The molecule has 1 amide bonds. The van der Waals surface area contributed by atoms with Crippen molar-refractivity contribution in [3.05, 3.63) is 35.4 Å². The summed E-state index contributed by atoms with van der Waals surface area (Å²) in [5.41, 5.74) is 7.22. The number of amides is 1. The van der Waals surface area contributed by atoms with Crippen LogP contribution in [0.4, 0.5) is 0 Å². The number of hydrogen-bond donors (Lipinski definition) is 2. The smallest absolute Gasteiger partial charge is 0.231 e. The third-order valence-corrected chi connectivity index (χ3v) is 2.70. The Morgan fingerprint density at radius 1 is 1.42 bits per heavy atom. The van der Waals surface area contributed by atoms with Gasteiger partial charge in [0, 0.05) is 18.5 Å². The number of rotatable bonds is 6. The second-order valence-corrected chi connectivity index (χ2v) is 4.20. The zero-order chi connectivity index (χ0) is 14.1. The molecule has 0 saturated heterocycles. The minimum Gasteiger partial charge on any atom is -0.395 e. The maximum absolute atomic E-state index is 11.0. The van der Waals surface area contributed by atoms with Crippen LogP contribution < -0.4 is 5.73 Å². The first-order valence-corrected chi connectivity index (χ1v) is 6.35. The number of nitrogens with zero attached hydrogens (tertiary/aromatic N) is 1. The molecule has 0 radical (unpaired) electrons. The molecule has 0 aliphatic rings. The number of likely N-dealkylation sites (N-methyl/N-ethyl adjacent to an activating group) is 1. The highest BCUT2D eigenvalue weighted by Gasteiger charge is 2.08.